The lowest BCUT2D eigenvalue weighted by molar-refractivity contribution is -0.145. The summed E-state index contributed by atoms with van der Waals surface area (Å²) in [5.74, 6) is -0.195. The molecule has 0 fully saturated rings. The van der Waals surface area contributed by atoms with E-state index >= 15 is 0 Å². The van der Waals surface area contributed by atoms with Gasteiger partial charge in [0.25, 0.3) is 0 Å². The molecular formula is C16H25NO3. The summed E-state index contributed by atoms with van der Waals surface area (Å²) >= 11 is 0. The lowest BCUT2D eigenvalue weighted by atomic mass is 10.1. The molecule has 1 unspecified atom stereocenters. The highest BCUT2D eigenvalue weighted by Gasteiger charge is 2.20. The normalized spacial score (nSPS) is 12.2. The first kappa shape index (κ1) is 16.5. The van der Waals surface area contributed by atoms with Crippen molar-refractivity contribution in [3.05, 3.63) is 29.3 Å². The Morgan fingerprint density at radius 1 is 1.35 bits per heavy atom. The molecule has 0 amide bonds. The molecule has 4 nitrogen and oxygen atoms in total. The van der Waals surface area contributed by atoms with Crippen LogP contribution in [0.3, 0.4) is 0 Å². The molecule has 0 aliphatic heterocycles. The van der Waals surface area contributed by atoms with Crippen molar-refractivity contribution in [2.45, 2.75) is 52.7 Å². The number of carbonyl (C=O) groups is 1. The Morgan fingerprint density at radius 2 is 2.10 bits per heavy atom. The topological polar surface area (TPSA) is 58.6 Å². The highest BCUT2D eigenvalue weighted by atomic mass is 16.5. The van der Waals surface area contributed by atoms with Crippen LogP contribution in [0.15, 0.2) is 18.2 Å². The van der Waals surface area contributed by atoms with Gasteiger partial charge in [-0.25, -0.2) is 4.79 Å². The lowest BCUT2D eigenvalue weighted by Crippen LogP contribution is -2.28. The average molecular weight is 279 g/mol. The molecule has 0 radical (unpaired) electrons. The van der Waals surface area contributed by atoms with E-state index in [1.165, 1.54) is 0 Å². The molecule has 1 aromatic carbocycles. The van der Waals surface area contributed by atoms with E-state index in [4.69, 9.17) is 4.74 Å². The Hall–Kier alpha value is -1.55. The Labute approximate surface area is 121 Å². The highest BCUT2D eigenvalue weighted by Crippen LogP contribution is 2.25. The van der Waals surface area contributed by atoms with Gasteiger partial charge in [-0.05, 0) is 31.9 Å². The number of ether oxygens (including phenoxy) is 1. The molecule has 0 saturated heterocycles. The zero-order valence-electron chi connectivity index (χ0n) is 12.6. The number of aryl methyl sites for hydroxylation is 1. The van der Waals surface area contributed by atoms with Crippen LogP contribution in [0.5, 0.6) is 5.75 Å². The number of carboxylic acids is 1. The minimum absolute atomic E-state index is 0.519. The van der Waals surface area contributed by atoms with Gasteiger partial charge in [-0.2, -0.15) is 0 Å². The molecule has 0 aromatic heterocycles. The number of nitrogens with one attached hydrogen (secondary N) is 1. The van der Waals surface area contributed by atoms with Crippen LogP contribution in [0.4, 0.5) is 0 Å². The van der Waals surface area contributed by atoms with Gasteiger partial charge in [-0.15, -0.1) is 0 Å². The number of aliphatic carboxylic acids is 1. The van der Waals surface area contributed by atoms with Crippen LogP contribution in [0, 0.1) is 6.92 Å². The van der Waals surface area contributed by atoms with E-state index in [-0.39, 0.29) is 0 Å². The van der Waals surface area contributed by atoms with Crippen molar-refractivity contribution in [1.29, 1.82) is 0 Å². The zero-order valence-corrected chi connectivity index (χ0v) is 12.6. The van der Waals surface area contributed by atoms with Gasteiger partial charge >= 0.3 is 5.97 Å². The SMILES string of the molecule is CCCNCc1cccc(C)c1OC(CCC)C(=O)O. The minimum atomic E-state index is -0.900. The molecule has 1 rings (SSSR count). The van der Waals surface area contributed by atoms with Gasteiger partial charge in [0, 0.05) is 12.1 Å². The Balaban J connectivity index is 2.87. The van der Waals surface area contributed by atoms with Crippen molar-refractivity contribution in [3.63, 3.8) is 0 Å². The van der Waals surface area contributed by atoms with Crippen LogP contribution < -0.4 is 10.1 Å². The maximum Gasteiger partial charge on any atom is 0.344 e. The van der Waals surface area contributed by atoms with Crippen molar-refractivity contribution < 1.29 is 14.6 Å². The van der Waals surface area contributed by atoms with Crippen LogP contribution in [0.1, 0.15) is 44.2 Å². The van der Waals surface area contributed by atoms with Gasteiger partial charge in [0.05, 0.1) is 0 Å². The van der Waals surface area contributed by atoms with E-state index in [0.29, 0.717) is 18.7 Å². The van der Waals surface area contributed by atoms with E-state index in [0.717, 1.165) is 30.5 Å². The van der Waals surface area contributed by atoms with E-state index < -0.39 is 12.1 Å². The summed E-state index contributed by atoms with van der Waals surface area (Å²) in [4.78, 5) is 11.2. The van der Waals surface area contributed by atoms with Crippen molar-refractivity contribution in [2.24, 2.45) is 0 Å². The van der Waals surface area contributed by atoms with Crippen LogP contribution in [0.2, 0.25) is 0 Å². The fourth-order valence-corrected chi connectivity index (χ4v) is 2.06. The van der Waals surface area contributed by atoms with Crippen LogP contribution in [0.25, 0.3) is 0 Å². The molecule has 0 aliphatic rings. The van der Waals surface area contributed by atoms with E-state index in [9.17, 15) is 9.90 Å². The van der Waals surface area contributed by atoms with Gasteiger partial charge in [-0.1, -0.05) is 38.5 Å². The molecule has 112 valence electrons. The third-order valence-corrected chi connectivity index (χ3v) is 3.12. The third-order valence-electron chi connectivity index (χ3n) is 3.12. The van der Waals surface area contributed by atoms with E-state index in [1.807, 2.05) is 32.0 Å². The molecule has 2 N–H and O–H groups in total. The van der Waals surface area contributed by atoms with Crippen LogP contribution in [-0.4, -0.2) is 23.7 Å². The summed E-state index contributed by atoms with van der Waals surface area (Å²) < 4.78 is 5.77. The maximum atomic E-state index is 11.2. The molecule has 0 saturated carbocycles. The largest absolute Gasteiger partial charge is 0.479 e. The van der Waals surface area contributed by atoms with Crippen molar-refractivity contribution in [2.75, 3.05) is 6.54 Å². The monoisotopic (exact) mass is 279 g/mol. The molecule has 0 heterocycles. The number of hydrogen-bond donors (Lipinski definition) is 2. The van der Waals surface area contributed by atoms with Crippen molar-refractivity contribution >= 4 is 5.97 Å². The smallest absolute Gasteiger partial charge is 0.344 e. The highest BCUT2D eigenvalue weighted by molar-refractivity contribution is 5.72. The number of hydrogen-bond acceptors (Lipinski definition) is 3. The molecule has 0 aliphatic carbocycles. The predicted molar refractivity (Wildman–Crippen MR) is 80.1 cm³/mol. The van der Waals surface area contributed by atoms with Gasteiger partial charge in [-0.3, -0.25) is 0 Å². The zero-order chi connectivity index (χ0) is 15.0. The molecule has 20 heavy (non-hydrogen) atoms. The standard InChI is InChI=1S/C16H25NO3/c1-4-7-14(16(18)19)20-15-12(3)8-6-9-13(15)11-17-10-5-2/h6,8-9,14,17H,4-5,7,10-11H2,1-3H3,(H,18,19). The first-order valence-corrected chi connectivity index (χ1v) is 7.28. The molecule has 1 atom stereocenters. The molecule has 4 heteroatoms. The average Bonchev–Trinajstić information content (AvgIpc) is 2.41. The quantitative estimate of drug-likeness (QED) is 0.682. The minimum Gasteiger partial charge on any atom is -0.479 e. The van der Waals surface area contributed by atoms with Gasteiger partial charge < -0.3 is 15.2 Å². The van der Waals surface area contributed by atoms with Crippen LogP contribution in [-0.2, 0) is 11.3 Å². The lowest BCUT2D eigenvalue weighted by Gasteiger charge is -2.19. The second-order valence-corrected chi connectivity index (χ2v) is 4.97. The summed E-state index contributed by atoms with van der Waals surface area (Å²) in [5.41, 5.74) is 1.99. The second kappa shape index (κ2) is 8.59. The van der Waals surface area contributed by atoms with E-state index in [2.05, 4.69) is 12.2 Å². The molecule has 0 bridgehead atoms. The Kier molecular flexibility index (Phi) is 7.09. The number of rotatable bonds is 9. The fraction of sp³-hybridized carbons (Fsp3) is 0.562. The van der Waals surface area contributed by atoms with Crippen LogP contribution >= 0.6 is 0 Å². The number of carboxylic acid groups (broad SMARTS) is 1. The Morgan fingerprint density at radius 3 is 2.70 bits per heavy atom. The first-order valence-electron chi connectivity index (χ1n) is 7.28. The third kappa shape index (κ3) is 4.85. The fourth-order valence-electron chi connectivity index (χ4n) is 2.06. The second-order valence-electron chi connectivity index (χ2n) is 4.97. The summed E-state index contributed by atoms with van der Waals surface area (Å²) in [7, 11) is 0. The summed E-state index contributed by atoms with van der Waals surface area (Å²) in [6.45, 7) is 7.65. The molecule has 1 aromatic rings. The van der Waals surface area contributed by atoms with Gasteiger partial charge in [0.2, 0.25) is 0 Å². The van der Waals surface area contributed by atoms with Crippen molar-refractivity contribution in [3.8, 4) is 5.75 Å². The van der Waals surface area contributed by atoms with E-state index in [1.54, 1.807) is 0 Å². The summed E-state index contributed by atoms with van der Waals surface area (Å²) in [5, 5.41) is 12.5. The maximum absolute atomic E-state index is 11.2. The van der Waals surface area contributed by atoms with Gasteiger partial charge in [0.1, 0.15) is 5.75 Å². The van der Waals surface area contributed by atoms with Gasteiger partial charge in [0.15, 0.2) is 6.10 Å². The summed E-state index contributed by atoms with van der Waals surface area (Å²) in [6, 6.07) is 5.90. The number of para-hydroxylation sites is 1. The Bertz CT molecular complexity index is 432. The summed E-state index contributed by atoms with van der Waals surface area (Å²) in [6.07, 6.45) is 1.60. The first-order chi connectivity index (χ1) is 9.60. The molecule has 0 spiro atoms. The predicted octanol–water partition coefficient (Wildman–Crippen LogP) is 3.13. The molecular weight excluding hydrogens is 254 g/mol. The number of benzene rings is 1. The van der Waals surface area contributed by atoms with Crippen molar-refractivity contribution in [1.82, 2.24) is 5.32 Å².